The topological polar surface area (TPSA) is 69.0 Å². The second-order valence-electron chi connectivity index (χ2n) is 8.69. The first-order valence-electron chi connectivity index (χ1n) is 12.3. The lowest BCUT2D eigenvalue weighted by atomic mass is 10.1. The molecular weight excluding hydrogens is 486 g/mol. The van der Waals surface area contributed by atoms with E-state index in [1.807, 2.05) is 37.3 Å². The number of rotatable bonds is 11. The van der Waals surface area contributed by atoms with Crippen LogP contribution < -0.4 is 0 Å². The molecule has 0 saturated carbocycles. The minimum absolute atomic E-state index is 0.246. The summed E-state index contributed by atoms with van der Waals surface area (Å²) in [5, 5.41) is 0.906. The maximum atomic E-state index is 12.3. The van der Waals surface area contributed by atoms with Crippen molar-refractivity contribution < 1.29 is 23.5 Å². The lowest BCUT2D eigenvalue weighted by molar-refractivity contribution is -0.139. The highest BCUT2D eigenvalue weighted by Crippen LogP contribution is 2.32. The van der Waals surface area contributed by atoms with Gasteiger partial charge in [0.05, 0.1) is 20.1 Å². The molecule has 37 heavy (non-hydrogen) atoms. The number of methoxy groups -OCH3 is 1. The normalized spacial score (nSPS) is 11.1. The Labute approximate surface area is 221 Å². The van der Waals surface area contributed by atoms with Crippen LogP contribution in [0.3, 0.4) is 0 Å². The van der Waals surface area contributed by atoms with Gasteiger partial charge in [-0.1, -0.05) is 54.6 Å². The summed E-state index contributed by atoms with van der Waals surface area (Å²) in [6.45, 7) is 5.54. The van der Waals surface area contributed by atoms with Gasteiger partial charge in [-0.25, -0.2) is 9.10 Å². The van der Waals surface area contributed by atoms with E-state index in [1.54, 1.807) is 18.9 Å². The van der Waals surface area contributed by atoms with E-state index in [0.717, 1.165) is 46.5 Å². The first-order chi connectivity index (χ1) is 18.0. The minimum Gasteiger partial charge on any atom is -0.469 e. The van der Waals surface area contributed by atoms with Gasteiger partial charge in [-0.05, 0) is 67.1 Å². The van der Waals surface area contributed by atoms with Crippen LogP contribution in [0.25, 0.3) is 11.0 Å². The number of aryl methyl sites for hydroxylation is 1. The summed E-state index contributed by atoms with van der Waals surface area (Å²) in [6.07, 6.45) is 1.18. The van der Waals surface area contributed by atoms with Gasteiger partial charge < -0.3 is 13.9 Å². The van der Waals surface area contributed by atoms with Crippen molar-refractivity contribution in [1.29, 1.82) is 0 Å². The van der Waals surface area contributed by atoms with Crippen LogP contribution in [0.5, 0.6) is 0 Å². The van der Waals surface area contributed by atoms with Crippen LogP contribution in [0.1, 0.15) is 39.7 Å². The molecule has 3 aromatic carbocycles. The molecule has 0 bridgehead atoms. The Morgan fingerprint density at radius 1 is 0.946 bits per heavy atom. The molecule has 192 valence electrons. The maximum absolute atomic E-state index is 12.3. The Hall–Kier alpha value is -3.55. The number of carbonyl (C=O) groups is 2. The monoisotopic (exact) mass is 517 g/mol. The summed E-state index contributed by atoms with van der Waals surface area (Å²) in [5.41, 5.74) is 4.81. The standard InChI is InChI=1S/C30H31NO5S/c1-4-35-30(33)29-21(2)26-19-25(14-15-27(26)36-29)37-31(17-16-22-8-6-5-7-9-22)20-24-12-10-23(11-13-24)18-28(32)34-3/h5-15,19H,4,16-18,20H2,1-3H3. The fourth-order valence-corrected chi connectivity index (χ4v) is 5.05. The summed E-state index contributed by atoms with van der Waals surface area (Å²) < 4.78 is 18.0. The van der Waals surface area contributed by atoms with Gasteiger partial charge >= 0.3 is 11.9 Å². The van der Waals surface area contributed by atoms with Gasteiger partial charge in [0.2, 0.25) is 5.76 Å². The zero-order valence-electron chi connectivity index (χ0n) is 21.4. The zero-order chi connectivity index (χ0) is 26.2. The van der Waals surface area contributed by atoms with E-state index in [-0.39, 0.29) is 18.2 Å². The van der Waals surface area contributed by atoms with E-state index in [1.165, 1.54) is 12.7 Å². The number of benzene rings is 3. The van der Waals surface area contributed by atoms with Crippen molar-refractivity contribution in [3.63, 3.8) is 0 Å². The van der Waals surface area contributed by atoms with E-state index < -0.39 is 5.97 Å². The Kier molecular flexibility index (Phi) is 9.04. The molecule has 6 nitrogen and oxygen atoms in total. The Balaban J connectivity index is 1.53. The fraction of sp³-hybridized carbons (Fsp3) is 0.267. The summed E-state index contributed by atoms with van der Waals surface area (Å²) in [4.78, 5) is 24.9. The number of ether oxygens (including phenoxy) is 2. The molecule has 0 spiro atoms. The lowest BCUT2D eigenvalue weighted by Crippen LogP contribution is -2.18. The van der Waals surface area contributed by atoms with E-state index in [2.05, 4.69) is 46.8 Å². The fourth-order valence-electron chi connectivity index (χ4n) is 4.06. The largest absolute Gasteiger partial charge is 0.469 e. The van der Waals surface area contributed by atoms with Gasteiger partial charge in [0, 0.05) is 28.9 Å². The zero-order valence-corrected chi connectivity index (χ0v) is 22.2. The molecule has 0 saturated heterocycles. The summed E-state index contributed by atoms with van der Waals surface area (Å²) in [6, 6.07) is 24.5. The highest BCUT2D eigenvalue weighted by atomic mass is 32.2. The van der Waals surface area contributed by atoms with Gasteiger partial charge in [0.25, 0.3) is 0 Å². The van der Waals surface area contributed by atoms with Crippen molar-refractivity contribution in [1.82, 2.24) is 4.31 Å². The molecule has 4 rings (SSSR count). The number of esters is 2. The Morgan fingerprint density at radius 2 is 1.68 bits per heavy atom. The van der Waals surface area contributed by atoms with Crippen LogP contribution in [-0.2, 0) is 33.7 Å². The molecule has 0 aliphatic heterocycles. The smallest absolute Gasteiger partial charge is 0.374 e. The predicted octanol–water partition coefficient (Wildman–Crippen LogP) is 6.39. The third kappa shape index (κ3) is 7.02. The predicted molar refractivity (Wildman–Crippen MR) is 145 cm³/mol. The number of hydrogen-bond acceptors (Lipinski definition) is 7. The average molecular weight is 518 g/mol. The van der Waals surface area contributed by atoms with E-state index in [4.69, 9.17) is 13.9 Å². The maximum Gasteiger partial charge on any atom is 0.374 e. The van der Waals surface area contributed by atoms with Gasteiger partial charge in [0.15, 0.2) is 0 Å². The second-order valence-corrected chi connectivity index (χ2v) is 9.86. The number of nitrogens with zero attached hydrogens (tertiary/aromatic N) is 1. The second kappa shape index (κ2) is 12.6. The van der Waals surface area contributed by atoms with Crippen molar-refractivity contribution in [3.05, 3.63) is 101 Å². The molecule has 0 fully saturated rings. The summed E-state index contributed by atoms with van der Waals surface area (Å²) >= 11 is 1.67. The molecule has 0 radical (unpaired) electrons. The van der Waals surface area contributed by atoms with Crippen molar-refractivity contribution in [3.8, 4) is 0 Å². The van der Waals surface area contributed by atoms with E-state index >= 15 is 0 Å². The molecule has 0 amide bonds. The quantitative estimate of drug-likeness (QED) is 0.169. The molecule has 1 heterocycles. The number of carbonyl (C=O) groups excluding carboxylic acids is 2. The Morgan fingerprint density at radius 3 is 2.38 bits per heavy atom. The molecule has 0 aliphatic carbocycles. The lowest BCUT2D eigenvalue weighted by Gasteiger charge is -2.21. The van der Waals surface area contributed by atoms with Crippen molar-refractivity contribution in [2.75, 3.05) is 20.3 Å². The SMILES string of the molecule is CCOC(=O)c1oc2ccc(SN(CCc3ccccc3)Cc3ccc(CC(=O)OC)cc3)cc2c1C. The summed E-state index contributed by atoms with van der Waals surface area (Å²) in [5.74, 6) is -0.429. The van der Waals surface area contributed by atoms with Crippen LogP contribution in [0.4, 0.5) is 0 Å². The highest BCUT2D eigenvalue weighted by molar-refractivity contribution is 7.97. The van der Waals surface area contributed by atoms with Crippen molar-refractivity contribution >= 4 is 34.9 Å². The van der Waals surface area contributed by atoms with Crippen molar-refractivity contribution in [2.24, 2.45) is 0 Å². The molecule has 4 aromatic rings. The number of hydrogen-bond donors (Lipinski definition) is 0. The van der Waals surface area contributed by atoms with E-state index in [0.29, 0.717) is 12.2 Å². The highest BCUT2D eigenvalue weighted by Gasteiger charge is 2.19. The van der Waals surface area contributed by atoms with Gasteiger partial charge in [-0.3, -0.25) is 4.79 Å². The molecule has 0 atom stereocenters. The van der Waals surface area contributed by atoms with Crippen LogP contribution in [0.2, 0.25) is 0 Å². The van der Waals surface area contributed by atoms with Crippen LogP contribution in [0, 0.1) is 6.92 Å². The first kappa shape index (κ1) is 26.5. The van der Waals surface area contributed by atoms with Crippen molar-refractivity contribution in [2.45, 2.75) is 38.1 Å². The molecular formula is C30H31NO5S. The molecule has 0 N–H and O–H groups in total. The first-order valence-corrected chi connectivity index (χ1v) is 13.1. The molecule has 7 heteroatoms. The number of fused-ring (bicyclic) bond motifs is 1. The van der Waals surface area contributed by atoms with Crippen LogP contribution in [-0.4, -0.2) is 36.5 Å². The summed E-state index contributed by atoms with van der Waals surface area (Å²) in [7, 11) is 1.40. The van der Waals surface area contributed by atoms with Gasteiger partial charge in [-0.15, -0.1) is 0 Å². The molecule has 0 unspecified atom stereocenters. The molecule has 0 aliphatic rings. The third-order valence-corrected chi connectivity index (χ3v) is 7.09. The van der Waals surface area contributed by atoms with Gasteiger partial charge in [0.1, 0.15) is 5.58 Å². The molecule has 1 aromatic heterocycles. The minimum atomic E-state index is -0.439. The average Bonchev–Trinajstić information content (AvgIpc) is 3.25. The van der Waals surface area contributed by atoms with Gasteiger partial charge in [-0.2, -0.15) is 0 Å². The van der Waals surface area contributed by atoms with Crippen LogP contribution >= 0.6 is 11.9 Å². The van der Waals surface area contributed by atoms with Crippen LogP contribution in [0.15, 0.2) is 82.1 Å². The third-order valence-electron chi connectivity index (χ3n) is 6.05. The number of furan rings is 1. The Bertz CT molecular complexity index is 1350. The van der Waals surface area contributed by atoms with E-state index in [9.17, 15) is 9.59 Å².